The summed E-state index contributed by atoms with van der Waals surface area (Å²) in [6, 6.07) is 0. The Kier molecular flexibility index (Phi) is 9.84. The van der Waals surface area contributed by atoms with Crippen LogP contribution in [0.2, 0.25) is 0 Å². The lowest BCUT2D eigenvalue weighted by atomic mass is 9.39. The Bertz CT molecular complexity index is 1040. The molecular formula is C36H62O8. The van der Waals surface area contributed by atoms with E-state index in [1.165, 1.54) is 12.8 Å². The average molecular weight is 623 g/mol. The van der Waals surface area contributed by atoms with Crippen molar-refractivity contribution in [1.82, 2.24) is 0 Å². The quantitative estimate of drug-likeness (QED) is 0.220. The lowest BCUT2D eigenvalue weighted by Gasteiger charge is -2.67. The van der Waals surface area contributed by atoms with Gasteiger partial charge in [-0.25, -0.2) is 0 Å². The number of allylic oxidation sites excluding steroid dienone is 1. The first kappa shape index (κ1) is 34.7. The minimum Gasteiger partial charge on any atom is -0.394 e. The molecule has 254 valence electrons. The van der Waals surface area contributed by atoms with Crippen molar-refractivity contribution >= 4 is 0 Å². The van der Waals surface area contributed by atoms with Gasteiger partial charge in [-0.15, -0.1) is 0 Å². The molecule has 1 heterocycles. The van der Waals surface area contributed by atoms with E-state index in [1.807, 2.05) is 20.8 Å². The number of aliphatic hydroxyl groups is 6. The van der Waals surface area contributed by atoms with Crippen LogP contribution < -0.4 is 0 Å². The molecule has 1 aliphatic heterocycles. The number of ether oxygens (including phenoxy) is 2. The molecule has 6 N–H and O–H groups in total. The van der Waals surface area contributed by atoms with E-state index >= 15 is 0 Å². The summed E-state index contributed by atoms with van der Waals surface area (Å²) in [6.45, 7) is 15.2. The van der Waals surface area contributed by atoms with Crippen LogP contribution in [0.25, 0.3) is 0 Å². The van der Waals surface area contributed by atoms with Crippen LogP contribution in [0, 0.1) is 45.8 Å². The molecule has 4 saturated carbocycles. The summed E-state index contributed by atoms with van der Waals surface area (Å²) in [4.78, 5) is 0. The van der Waals surface area contributed by atoms with Gasteiger partial charge in [-0.05, 0) is 125 Å². The molecule has 0 amide bonds. The van der Waals surface area contributed by atoms with E-state index in [9.17, 15) is 30.6 Å². The standard InChI is InChI=1S/C36H62O8/c1-20(2)10-13-36(44-32-30(42)29(41)28(40)27(19-37)43-32)15-14-34(6)31(36)26(39)17-24-16-25-23(18-35(24,34)7)9-8-21(3)33(25,5)12-11-22(4)38/h10,21-32,37-42H,8-9,11-19H2,1-7H3/t21?,22?,23?,24?,25?,26?,27?,28?,29?,30?,31?,32?,33?,34-,35?,36?/m1/s1. The Hall–Kier alpha value is -0.580. The first-order chi connectivity index (χ1) is 20.5. The molecule has 8 heteroatoms. The van der Waals surface area contributed by atoms with Crippen LogP contribution in [-0.2, 0) is 9.47 Å². The maximum Gasteiger partial charge on any atom is 0.187 e. The van der Waals surface area contributed by atoms with Gasteiger partial charge in [0, 0.05) is 5.92 Å². The van der Waals surface area contributed by atoms with Crippen molar-refractivity contribution in [3.8, 4) is 0 Å². The van der Waals surface area contributed by atoms with Crippen LogP contribution in [0.5, 0.6) is 0 Å². The fourth-order valence-electron chi connectivity index (χ4n) is 11.3. The van der Waals surface area contributed by atoms with Gasteiger partial charge in [0.05, 0.1) is 24.4 Å². The topological polar surface area (TPSA) is 140 Å². The maximum atomic E-state index is 12.2. The molecule has 8 nitrogen and oxygen atoms in total. The molecule has 0 spiro atoms. The molecule has 5 fully saturated rings. The maximum absolute atomic E-state index is 12.2. The van der Waals surface area contributed by atoms with E-state index in [2.05, 4.69) is 33.8 Å². The minimum absolute atomic E-state index is 0.00468. The zero-order valence-corrected chi connectivity index (χ0v) is 28.3. The van der Waals surface area contributed by atoms with Crippen LogP contribution >= 0.6 is 0 Å². The van der Waals surface area contributed by atoms with Gasteiger partial charge in [0.1, 0.15) is 24.4 Å². The molecule has 15 unspecified atom stereocenters. The third kappa shape index (κ3) is 5.55. The summed E-state index contributed by atoms with van der Waals surface area (Å²) in [6.07, 6.45) is 3.89. The summed E-state index contributed by atoms with van der Waals surface area (Å²) in [5, 5.41) is 64.1. The average Bonchev–Trinajstić information content (AvgIpc) is 3.28. The number of hydrogen-bond donors (Lipinski definition) is 6. The molecule has 5 aliphatic rings. The van der Waals surface area contributed by atoms with Gasteiger partial charge in [0.25, 0.3) is 0 Å². The smallest absolute Gasteiger partial charge is 0.187 e. The highest BCUT2D eigenvalue weighted by Gasteiger charge is 2.71. The largest absolute Gasteiger partial charge is 0.394 e. The van der Waals surface area contributed by atoms with E-state index in [4.69, 9.17) is 9.47 Å². The van der Waals surface area contributed by atoms with Crippen LogP contribution in [0.15, 0.2) is 11.6 Å². The predicted molar refractivity (Wildman–Crippen MR) is 168 cm³/mol. The van der Waals surface area contributed by atoms with Crippen LogP contribution in [0.4, 0.5) is 0 Å². The monoisotopic (exact) mass is 622 g/mol. The molecule has 0 bridgehead atoms. The van der Waals surface area contributed by atoms with Crippen LogP contribution in [0.1, 0.15) is 113 Å². The molecule has 4 aliphatic carbocycles. The summed E-state index contributed by atoms with van der Waals surface area (Å²) < 4.78 is 12.7. The summed E-state index contributed by atoms with van der Waals surface area (Å²) in [5.41, 5.74) is 0.256. The lowest BCUT2D eigenvalue weighted by Crippen LogP contribution is -2.65. The zero-order chi connectivity index (χ0) is 32.4. The minimum atomic E-state index is -1.51. The lowest BCUT2D eigenvalue weighted by molar-refractivity contribution is -0.340. The molecule has 0 aromatic heterocycles. The molecule has 16 atom stereocenters. The Morgan fingerprint density at radius 1 is 0.977 bits per heavy atom. The third-order valence-corrected chi connectivity index (χ3v) is 14.3. The highest BCUT2D eigenvalue weighted by Crippen LogP contribution is 2.73. The molecule has 0 aromatic carbocycles. The normalized spacial score (nSPS) is 52.9. The number of fused-ring (bicyclic) bond motifs is 4. The van der Waals surface area contributed by atoms with E-state index in [0.717, 1.165) is 37.7 Å². The first-order valence-corrected chi connectivity index (χ1v) is 17.5. The molecule has 0 radical (unpaired) electrons. The Morgan fingerprint density at radius 2 is 1.68 bits per heavy atom. The second-order valence-electron chi connectivity index (χ2n) is 16.9. The van der Waals surface area contributed by atoms with E-state index < -0.39 is 49.0 Å². The van der Waals surface area contributed by atoms with Gasteiger partial charge in [-0.1, -0.05) is 39.3 Å². The molecule has 0 aromatic rings. The van der Waals surface area contributed by atoms with Crippen molar-refractivity contribution in [3.05, 3.63) is 11.6 Å². The highest BCUT2D eigenvalue weighted by atomic mass is 16.7. The Morgan fingerprint density at radius 3 is 2.32 bits per heavy atom. The number of aliphatic hydroxyl groups excluding tert-OH is 6. The van der Waals surface area contributed by atoms with Crippen molar-refractivity contribution < 1.29 is 40.1 Å². The summed E-state index contributed by atoms with van der Waals surface area (Å²) in [7, 11) is 0. The first-order valence-electron chi connectivity index (χ1n) is 17.5. The van der Waals surface area contributed by atoms with Gasteiger partial charge < -0.3 is 40.1 Å². The fourth-order valence-corrected chi connectivity index (χ4v) is 11.3. The van der Waals surface area contributed by atoms with Crippen molar-refractivity contribution in [2.24, 2.45) is 45.8 Å². The SMILES string of the molecule is CC(C)=CCC1(OC2OC(CO)C(O)C(O)C2O)CC[C@]2(C)C1C(O)CC1CC3C(CCC(C)C3(C)CCC(C)O)CC12C. The van der Waals surface area contributed by atoms with Crippen molar-refractivity contribution in [2.75, 3.05) is 6.61 Å². The Balaban J connectivity index is 1.48. The number of hydrogen-bond acceptors (Lipinski definition) is 8. The zero-order valence-electron chi connectivity index (χ0n) is 28.3. The van der Waals surface area contributed by atoms with E-state index in [-0.39, 0.29) is 28.3 Å². The molecule has 1 saturated heterocycles. The van der Waals surface area contributed by atoms with Gasteiger partial charge >= 0.3 is 0 Å². The second kappa shape index (κ2) is 12.5. The van der Waals surface area contributed by atoms with Crippen molar-refractivity contribution in [2.45, 2.75) is 161 Å². The third-order valence-electron chi connectivity index (χ3n) is 14.3. The van der Waals surface area contributed by atoms with Crippen LogP contribution in [-0.4, -0.2) is 85.8 Å². The highest BCUT2D eigenvalue weighted by molar-refractivity contribution is 5.21. The predicted octanol–water partition coefficient (Wildman–Crippen LogP) is 4.32. The van der Waals surface area contributed by atoms with E-state index in [0.29, 0.717) is 42.9 Å². The van der Waals surface area contributed by atoms with E-state index in [1.54, 1.807) is 0 Å². The molecular weight excluding hydrogens is 560 g/mol. The number of rotatable bonds is 8. The molecule has 44 heavy (non-hydrogen) atoms. The van der Waals surface area contributed by atoms with Crippen molar-refractivity contribution in [3.63, 3.8) is 0 Å². The van der Waals surface area contributed by atoms with Crippen LogP contribution in [0.3, 0.4) is 0 Å². The summed E-state index contributed by atoms with van der Waals surface area (Å²) in [5.74, 6) is 1.97. The fraction of sp³-hybridized carbons (Fsp3) is 0.944. The summed E-state index contributed by atoms with van der Waals surface area (Å²) >= 11 is 0. The van der Waals surface area contributed by atoms with Gasteiger partial charge in [-0.2, -0.15) is 0 Å². The van der Waals surface area contributed by atoms with Crippen molar-refractivity contribution in [1.29, 1.82) is 0 Å². The van der Waals surface area contributed by atoms with Gasteiger partial charge in [-0.3, -0.25) is 0 Å². The molecule has 5 rings (SSSR count). The van der Waals surface area contributed by atoms with Gasteiger partial charge in [0.2, 0.25) is 0 Å². The van der Waals surface area contributed by atoms with Gasteiger partial charge in [0.15, 0.2) is 6.29 Å². The second-order valence-corrected chi connectivity index (χ2v) is 16.9. The Labute approximate surface area is 265 Å².